The van der Waals surface area contributed by atoms with Gasteiger partial charge in [-0.3, -0.25) is 4.90 Å². The Morgan fingerprint density at radius 1 is 1.00 bits per heavy atom. The number of rotatable bonds is 8. The molecule has 1 aliphatic rings. The highest BCUT2D eigenvalue weighted by molar-refractivity contribution is 5.43. The van der Waals surface area contributed by atoms with Crippen molar-refractivity contribution >= 4 is 5.69 Å². The quantitative estimate of drug-likeness (QED) is 0.530. The van der Waals surface area contributed by atoms with Crippen LogP contribution in [0, 0.1) is 0 Å². The largest absolute Gasteiger partial charge is 0.304 e. The van der Waals surface area contributed by atoms with Gasteiger partial charge in [0.05, 0.1) is 0 Å². The molecule has 1 aliphatic heterocycles. The molecule has 10 heteroatoms. The van der Waals surface area contributed by atoms with E-state index in [1.54, 1.807) is 12.1 Å². The molecule has 0 aliphatic carbocycles. The lowest BCUT2D eigenvalue weighted by Crippen LogP contribution is -2.43. The molecule has 0 spiro atoms. The average Bonchev–Trinajstić information content (AvgIpc) is 2.54. The topological polar surface area (TPSA) is 96.3 Å². The first-order chi connectivity index (χ1) is 10.7. The zero-order chi connectivity index (χ0) is 15.8. The van der Waals surface area contributed by atoms with Crippen molar-refractivity contribution in [3.05, 3.63) is 29.8 Å². The van der Waals surface area contributed by atoms with Gasteiger partial charge in [0, 0.05) is 32.7 Å². The van der Waals surface area contributed by atoms with Gasteiger partial charge in [0.1, 0.15) is 5.69 Å². The predicted molar refractivity (Wildman–Crippen MR) is 72.4 cm³/mol. The Hall–Kier alpha value is -1.34. The number of hydrogen-bond donors (Lipinski definition) is 2. The van der Waals surface area contributed by atoms with Crippen molar-refractivity contribution in [2.24, 2.45) is 0 Å². The fraction of sp³-hybridized carbons (Fsp3) is 0.500. The zero-order valence-electron chi connectivity index (χ0n) is 12.1. The van der Waals surface area contributed by atoms with E-state index >= 15 is 0 Å². The molecular formula is C12H19N3O7. The molecule has 124 valence electrons. The van der Waals surface area contributed by atoms with Crippen LogP contribution in [0.3, 0.4) is 0 Å². The molecule has 1 aromatic carbocycles. The average molecular weight is 317 g/mol. The van der Waals surface area contributed by atoms with Crippen molar-refractivity contribution in [2.45, 2.75) is 6.54 Å². The van der Waals surface area contributed by atoms with Gasteiger partial charge in [0.2, 0.25) is 0 Å². The molecular weight excluding hydrogens is 298 g/mol. The highest BCUT2D eigenvalue weighted by atomic mass is 17.7. The minimum absolute atomic E-state index is 0.341. The number of likely N-dealkylation sites (N-methyl/N-ethyl adjacent to an activating group) is 1. The molecule has 0 radical (unpaired) electrons. The Morgan fingerprint density at radius 3 is 2.27 bits per heavy atom. The summed E-state index contributed by atoms with van der Waals surface area (Å²) in [5.41, 5.74) is 1.45. The number of piperazine rings is 1. The van der Waals surface area contributed by atoms with E-state index in [0.717, 1.165) is 38.3 Å². The molecule has 1 aromatic rings. The van der Waals surface area contributed by atoms with Crippen LogP contribution in [0.25, 0.3) is 0 Å². The van der Waals surface area contributed by atoms with Gasteiger partial charge in [-0.2, -0.15) is 0 Å². The summed E-state index contributed by atoms with van der Waals surface area (Å²) in [6, 6.07) is 7.05. The van der Waals surface area contributed by atoms with Gasteiger partial charge in [-0.1, -0.05) is 22.3 Å². The first-order valence-corrected chi connectivity index (χ1v) is 6.66. The fourth-order valence-electron chi connectivity index (χ4n) is 2.16. The Kier molecular flexibility index (Phi) is 6.92. The number of benzene rings is 1. The van der Waals surface area contributed by atoms with E-state index in [2.05, 4.69) is 41.9 Å². The third-order valence-corrected chi connectivity index (χ3v) is 3.38. The lowest BCUT2D eigenvalue weighted by molar-refractivity contribution is -0.656. The Balaban J connectivity index is 1.90. The number of anilines is 1. The maximum atomic E-state index is 8.28. The maximum absolute atomic E-state index is 8.28. The van der Waals surface area contributed by atoms with Gasteiger partial charge >= 0.3 is 0 Å². The molecule has 0 saturated carbocycles. The van der Waals surface area contributed by atoms with Crippen LogP contribution in [0.15, 0.2) is 24.3 Å². The third kappa shape index (κ3) is 5.14. The summed E-state index contributed by atoms with van der Waals surface area (Å²) in [5.74, 6) is 0. The Bertz CT molecular complexity index is 425. The minimum atomic E-state index is 0.341. The van der Waals surface area contributed by atoms with E-state index in [-0.39, 0.29) is 0 Å². The molecule has 1 saturated heterocycles. The summed E-state index contributed by atoms with van der Waals surface area (Å²) in [4.78, 5) is 13.3. The van der Waals surface area contributed by atoms with E-state index < -0.39 is 0 Å². The van der Waals surface area contributed by atoms with E-state index in [0.29, 0.717) is 10.9 Å². The maximum Gasteiger partial charge on any atom is 0.101 e. The third-order valence-electron chi connectivity index (χ3n) is 3.38. The Labute approximate surface area is 127 Å². The van der Waals surface area contributed by atoms with Crippen molar-refractivity contribution in [3.63, 3.8) is 0 Å². The van der Waals surface area contributed by atoms with Crippen molar-refractivity contribution < 1.29 is 35.6 Å². The van der Waals surface area contributed by atoms with Gasteiger partial charge < -0.3 is 4.90 Å². The molecule has 0 atom stereocenters. The summed E-state index contributed by atoms with van der Waals surface area (Å²) in [7, 11) is 2.11. The lowest BCUT2D eigenvalue weighted by Gasteiger charge is -2.32. The Morgan fingerprint density at radius 2 is 1.68 bits per heavy atom. The molecule has 0 bridgehead atoms. The van der Waals surface area contributed by atoms with E-state index in [9.17, 15) is 0 Å². The minimum Gasteiger partial charge on any atom is -0.304 e. The van der Waals surface area contributed by atoms with E-state index in [1.807, 2.05) is 12.1 Å². The molecule has 1 heterocycles. The van der Waals surface area contributed by atoms with Gasteiger partial charge in [0.25, 0.3) is 0 Å². The van der Waals surface area contributed by atoms with Gasteiger partial charge in [-0.25, -0.2) is 10.5 Å². The van der Waals surface area contributed by atoms with Crippen LogP contribution in [0.5, 0.6) is 0 Å². The summed E-state index contributed by atoms with van der Waals surface area (Å²) in [6.07, 6.45) is 0. The SMILES string of the molecule is CN1CCN(Cc2ccc(N(OOO)OOOO)cc2)CC1. The first-order valence-electron chi connectivity index (χ1n) is 6.66. The van der Waals surface area contributed by atoms with Crippen molar-refractivity contribution in [1.82, 2.24) is 9.80 Å². The van der Waals surface area contributed by atoms with Crippen LogP contribution < -0.4 is 5.23 Å². The predicted octanol–water partition coefficient (Wildman–Crippen LogP) is 0.844. The van der Waals surface area contributed by atoms with Crippen molar-refractivity contribution in [3.8, 4) is 0 Å². The molecule has 0 unspecified atom stereocenters. The summed E-state index contributed by atoms with van der Waals surface area (Å²) < 4.78 is 0. The molecule has 2 rings (SSSR count). The molecule has 1 fully saturated rings. The highest BCUT2D eigenvalue weighted by Crippen LogP contribution is 2.18. The van der Waals surface area contributed by atoms with Crippen LogP contribution >= 0.6 is 0 Å². The van der Waals surface area contributed by atoms with Crippen LogP contribution in [-0.2, 0) is 31.6 Å². The van der Waals surface area contributed by atoms with E-state index in [1.165, 1.54) is 0 Å². The number of nitrogens with zero attached hydrogens (tertiary/aromatic N) is 3. The summed E-state index contributed by atoms with van der Waals surface area (Å²) >= 11 is 0. The number of hydrogen-bond acceptors (Lipinski definition) is 10. The fourth-order valence-corrected chi connectivity index (χ4v) is 2.16. The summed E-state index contributed by atoms with van der Waals surface area (Å²) in [5, 5.41) is 27.4. The van der Waals surface area contributed by atoms with Crippen LogP contribution in [0.2, 0.25) is 0 Å². The normalized spacial score (nSPS) is 16.9. The second kappa shape index (κ2) is 8.95. The molecule has 22 heavy (non-hydrogen) atoms. The summed E-state index contributed by atoms with van der Waals surface area (Å²) in [6.45, 7) is 5.00. The first kappa shape index (κ1) is 17.0. The standard InChI is InChI=1S/C12H19N3O7/c1-13-6-8-14(9-7-13)10-11-2-4-12(5-3-11)15(18-20-16)19-22-21-17/h2-5,16-17H,6-10H2,1H3. The van der Waals surface area contributed by atoms with Crippen LogP contribution in [0.1, 0.15) is 5.56 Å². The van der Waals surface area contributed by atoms with Gasteiger partial charge in [-0.05, 0) is 44.8 Å². The van der Waals surface area contributed by atoms with Gasteiger partial charge in [0.15, 0.2) is 0 Å². The second-order valence-electron chi connectivity index (χ2n) is 4.87. The molecule has 0 aromatic heterocycles. The van der Waals surface area contributed by atoms with Crippen LogP contribution in [0.4, 0.5) is 5.69 Å². The second-order valence-corrected chi connectivity index (χ2v) is 4.87. The monoisotopic (exact) mass is 317 g/mol. The zero-order valence-corrected chi connectivity index (χ0v) is 12.1. The molecule has 10 nitrogen and oxygen atoms in total. The van der Waals surface area contributed by atoms with Crippen molar-refractivity contribution in [2.75, 3.05) is 38.5 Å². The van der Waals surface area contributed by atoms with E-state index in [4.69, 9.17) is 10.5 Å². The molecule has 2 N–H and O–H groups in total. The lowest BCUT2D eigenvalue weighted by atomic mass is 10.2. The smallest absolute Gasteiger partial charge is 0.101 e. The van der Waals surface area contributed by atoms with Crippen LogP contribution in [-0.4, -0.2) is 53.5 Å². The van der Waals surface area contributed by atoms with Gasteiger partial charge in [-0.15, -0.1) is 0 Å². The van der Waals surface area contributed by atoms with Crippen molar-refractivity contribution in [1.29, 1.82) is 0 Å². The molecule has 0 amide bonds. The highest BCUT2D eigenvalue weighted by Gasteiger charge is 2.15.